The Bertz CT molecular complexity index is 835. The molecule has 0 radical (unpaired) electrons. The first kappa shape index (κ1) is 16.9. The van der Waals surface area contributed by atoms with Crippen molar-refractivity contribution in [3.8, 4) is 11.5 Å². The van der Waals surface area contributed by atoms with Crippen LogP contribution >= 0.6 is 0 Å². The molecule has 0 aliphatic carbocycles. The minimum absolute atomic E-state index is 0.485. The van der Waals surface area contributed by atoms with Crippen LogP contribution in [0.15, 0.2) is 42.5 Å². The molecule has 136 valence electrons. The molecule has 1 unspecified atom stereocenters. The van der Waals surface area contributed by atoms with Gasteiger partial charge in [-0.2, -0.15) is 0 Å². The second kappa shape index (κ2) is 7.38. The Kier molecular flexibility index (Phi) is 4.80. The number of piperidine rings is 1. The number of aromatic amines is 1. The Balaban J connectivity index is 1.50. The lowest BCUT2D eigenvalue weighted by Gasteiger charge is -2.29. The maximum absolute atomic E-state index is 5.41. The van der Waals surface area contributed by atoms with Crippen LogP contribution in [0.1, 0.15) is 30.1 Å². The number of imidazole rings is 1. The first-order chi connectivity index (χ1) is 12.7. The van der Waals surface area contributed by atoms with Gasteiger partial charge in [-0.15, -0.1) is 0 Å². The van der Waals surface area contributed by atoms with E-state index in [0.717, 1.165) is 41.4 Å². The van der Waals surface area contributed by atoms with Gasteiger partial charge in [-0.3, -0.25) is 0 Å². The van der Waals surface area contributed by atoms with Crippen molar-refractivity contribution in [1.82, 2.24) is 9.97 Å². The van der Waals surface area contributed by atoms with Crippen LogP contribution in [0.25, 0.3) is 11.0 Å². The topological polar surface area (TPSA) is 51.6 Å². The lowest BCUT2D eigenvalue weighted by molar-refractivity contribution is -0.920. The van der Waals surface area contributed by atoms with Gasteiger partial charge in [0.2, 0.25) is 0 Å². The van der Waals surface area contributed by atoms with Crippen molar-refractivity contribution in [3.63, 3.8) is 0 Å². The van der Waals surface area contributed by atoms with E-state index in [1.54, 1.807) is 19.1 Å². The molecular formula is C21H26N3O2+. The third kappa shape index (κ3) is 3.53. The highest BCUT2D eigenvalue weighted by molar-refractivity contribution is 5.74. The first-order valence-electron chi connectivity index (χ1n) is 9.25. The van der Waals surface area contributed by atoms with Crippen LogP contribution in [0.4, 0.5) is 0 Å². The van der Waals surface area contributed by atoms with E-state index in [4.69, 9.17) is 14.5 Å². The maximum atomic E-state index is 5.41. The fourth-order valence-electron chi connectivity index (χ4n) is 3.97. The minimum Gasteiger partial charge on any atom is -0.497 e. The average molecular weight is 352 g/mol. The number of para-hydroxylation sites is 2. The number of fused-ring (bicyclic) bond motifs is 1. The van der Waals surface area contributed by atoms with E-state index >= 15 is 0 Å². The van der Waals surface area contributed by atoms with Crippen molar-refractivity contribution in [3.05, 3.63) is 53.9 Å². The third-order valence-corrected chi connectivity index (χ3v) is 5.28. The third-order valence-electron chi connectivity index (χ3n) is 5.28. The molecule has 1 aromatic heterocycles. The van der Waals surface area contributed by atoms with E-state index in [-0.39, 0.29) is 0 Å². The summed E-state index contributed by atoms with van der Waals surface area (Å²) in [5.41, 5.74) is 3.45. The molecule has 1 saturated heterocycles. The number of likely N-dealkylation sites (tertiary alicyclic amines) is 1. The molecule has 2 aromatic carbocycles. The zero-order valence-electron chi connectivity index (χ0n) is 15.4. The van der Waals surface area contributed by atoms with Crippen LogP contribution in [-0.2, 0) is 6.54 Å². The zero-order chi connectivity index (χ0) is 17.9. The smallest absolute Gasteiger partial charge is 0.123 e. The summed E-state index contributed by atoms with van der Waals surface area (Å²) in [6.07, 6.45) is 2.42. The van der Waals surface area contributed by atoms with Crippen molar-refractivity contribution in [2.45, 2.75) is 25.3 Å². The van der Waals surface area contributed by atoms with E-state index in [2.05, 4.69) is 35.3 Å². The fourth-order valence-corrected chi connectivity index (χ4v) is 3.97. The van der Waals surface area contributed by atoms with E-state index in [0.29, 0.717) is 5.92 Å². The molecular weight excluding hydrogens is 326 g/mol. The van der Waals surface area contributed by atoms with Gasteiger partial charge in [-0.25, -0.2) is 4.98 Å². The number of rotatable bonds is 5. The number of ether oxygens (including phenoxy) is 2. The van der Waals surface area contributed by atoms with Gasteiger partial charge in [-0.05, 0) is 37.1 Å². The molecule has 2 heterocycles. The van der Waals surface area contributed by atoms with Gasteiger partial charge in [0.25, 0.3) is 0 Å². The van der Waals surface area contributed by atoms with Crippen LogP contribution < -0.4 is 14.4 Å². The lowest BCUT2D eigenvalue weighted by Crippen LogP contribution is -3.12. The summed E-state index contributed by atoms with van der Waals surface area (Å²) in [6.45, 7) is 3.26. The van der Waals surface area contributed by atoms with E-state index in [9.17, 15) is 0 Å². The van der Waals surface area contributed by atoms with Gasteiger partial charge in [-0.1, -0.05) is 12.1 Å². The highest BCUT2D eigenvalue weighted by Gasteiger charge is 2.27. The van der Waals surface area contributed by atoms with Crippen molar-refractivity contribution in [1.29, 1.82) is 0 Å². The molecule has 1 aliphatic rings. The minimum atomic E-state index is 0.485. The Morgan fingerprint density at radius 3 is 2.62 bits per heavy atom. The number of benzene rings is 2. The molecule has 5 heteroatoms. The van der Waals surface area contributed by atoms with Crippen molar-refractivity contribution < 1.29 is 14.4 Å². The monoisotopic (exact) mass is 352 g/mol. The summed E-state index contributed by atoms with van der Waals surface area (Å²) in [5.74, 6) is 3.32. The summed E-state index contributed by atoms with van der Waals surface area (Å²) in [7, 11) is 3.40. The Labute approximate surface area is 153 Å². The number of methoxy groups -OCH3 is 2. The molecule has 0 amide bonds. The van der Waals surface area contributed by atoms with E-state index < -0.39 is 0 Å². The number of H-pyrrole nitrogens is 1. The van der Waals surface area contributed by atoms with Gasteiger partial charge in [0.05, 0.1) is 44.3 Å². The number of nitrogens with one attached hydrogen (secondary N) is 2. The fraction of sp³-hybridized carbons (Fsp3) is 0.381. The van der Waals surface area contributed by atoms with Crippen LogP contribution in [0, 0.1) is 0 Å². The predicted molar refractivity (Wildman–Crippen MR) is 102 cm³/mol. The highest BCUT2D eigenvalue weighted by Crippen LogP contribution is 2.24. The number of hydrogen-bond acceptors (Lipinski definition) is 3. The van der Waals surface area contributed by atoms with Gasteiger partial charge >= 0.3 is 0 Å². The van der Waals surface area contributed by atoms with Crippen LogP contribution in [0.2, 0.25) is 0 Å². The van der Waals surface area contributed by atoms with Crippen LogP contribution in [0.3, 0.4) is 0 Å². The van der Waals surface area contributed by atoms with Crippen molar-refractivity contribution in [2.24, 2.45) is 0 Å². The number of hydrogen-bond donors (Lipinski definition) is 2. The molecule has 4 rings (SSSR count). The average Bonchev–Trinajstić information content (AvgIpc) is 3.12. The van der Waals surface area contributed by atoms with Gasteiger partial charge in [0, 0.05) is 11.6 Å². The van der Waals surface area contributed by atoms with Crippen molar-refractivity contribution in [2.75, 3.05) is 27.3 Å². The molecule has 0 saturated carbocycles. The summed E-state index contributed by atoms with van der Waals surface area (Å²) in [5, 5.41) is 0. The van der Waals surface area contributed by atoms with E-state index in [1.165, 1.54) is 24.9 Å². The summed E-state index contributed by atoms with van der Waals surface area (Å²) in [6, 6.07) is 14.4. The second-order valence-corrected chi connectivity index (χ2v) is 7.08. The zero-order valence-corrected chi connectivity index (χ0v) is 15.4. The van der Waals surface area contributed by atoms with Crippen LogP contribution in [0.5, 0.6) is 11.5 Å². The largest absolute Gasteiger partial charge is 0.497 e. The molecule has 1 fully saturated rings. The first-order valence-corrected chi connectivity index (χ1v) is 9.25. The number of aromatic nitrogens is 2. The van der Waals surface area contributed by atoms with Gasteiger partial charge < -0.3 is 19.4 Å². The predicted octanol–water partition coefficient (Wildman–Crippen LogP) is 2.54. The summed E-state index contributed by atoms with van der Waals surface area (Å²) in [4.78, 5) is 9.93. The molecule has 2 atom stereocenters. The second-order valence-electron chi connectivity index (χ2n) is 7.08. The standard InChI is InChI=1S/C21H25N3O2/c1-25-17-10-15(11-18(12-17)26-2)13-24-9-5-6-16(14-24)21-22-19-7-3-4-8-20(19)23-21/h3-4,7-8,10-12,16H,5-6,9,13-14H2,1-2H3,(H,22,23)/p+1/t16-/m1/s1. The molecule has 0 bridgehead atoms. The van der Waals surface area contributed by atoms with Gasteiger partial charge in [0.1, 0.15) is 23.9 Å². The Morgan fingerprint density at radius 2 is 1.88 bits per heavy atom. The molecule has 0 spiro atoms. The number of nitrogens with zero attached hydrogens (tertiary/aromatic N) is 1. The Hall–Kier alpha value is -2.53. The molecule has 3 aromatic rings. The molecule has 1 aliphatic heterocycles. The molecule has 26 heavy (non-hydrogen) atoms. The quantitative estimate of drug-likeness (QED) is 0.742. The van der Waals surface area contributed by atoms with Crippen molar-refractivity contribution >= 4 is 11.0 Å². The highest BCUT2D eigenvalue weighted by atomic mass is 16.5. The lowest BCUT2D eigenvalue weighted by atomic mass is 9.97. The Morgan fingerprint density at radius 1 is 1.12 bits per heavy atom. The molecule has 5 nitrogen and oxygen atoms in total. The number of quaternary nitrogens is 1. The van der Waals surface area contributed by atoms with Crippen LogP contribution in [-0.4, -0.2) is 37.3 Å². The van der Waals surface area contributed by atoms with Gasteiger partial charge in [0.15, 0.2) is 0 Å². The van der Waals surface area contributed by atoms with E-state index in [1.807, 2.05) is 12.1 Å². The molecule has 2 N–H and O–H groups in total. The summed E-state index contributed by atoms with van der Waals surface area (Å²) < 4.78 is 10.8. The maximum Gasteiger partial charge on any atom is 0.123 e. The summed E-state index contributed by atoms with van der Waals surface area (Å²) >= 11 is 0. The normalized spacial score (nSPS) is 20.2. The SMILES string of the molecule is COc1cc(C[NH+]2CCC[C@@H](c3nc4ccccc4[nH]3)C2)cc(OC)c1.